The fourth-order valence-electron chi connectivity index (χ4n) is 3.79. The number of amides is 1. The summed E-state index contributed by atoms with van der Waals surface area (Å²) in [6.45, 7) is 3.17. The van der Waals surface area contributed by atoms with Crippen LogP contribution in [0.5, 0.6) is 11.5 Å². The molecule has 1 heterocycles. The van der Waals surface area contributed by atoms with Crippen molar-refractivity contribution in [2.24, 2.45) is 5.92 Å². The Morgan fingerprint density at radius 1 is 1.17 bits per heavy atom. The first kappa shape index (κ1) is 21.5. The average Bonchev–Trinajstić information content (AvgIpc) is 2.75. The highest BCUT2D eigenvalue weighted by Crippen LogP contribution is 2.27. The summed E-state index contributed by atoms with van der Waals surface area (Å²) in [7, 11) is 3.25. The molecule has 0 aromatic heterocycles. The topological polar surface area (TPSA) is 50.8 Å². The first-order chi connectivity index (χ1) is 14.1. The molecule has 29 heavy (non-hydrogen) atoms. The molecule has 1 N–H and O–H groups in total. The molecule has 1 aliphatic heterocycles. The quantitative estimate of drug-likeness (QED) is 0.708. The van der Waals surface area contributed by atoms with Crippen LogP contribution in [0.15, 0.2) is 42.5 Å². The number of methoxy groups -OCH3 is 2. The molecule has 6 heteroatoms. The molecule has 1 saturated heterocycles. The maximum atomic E-state index is 12.7. The highest BCUT2D eigenvalue weighted by Gasteiger charge is 2.25. The number of carbonyl (C=O) groups excluding carboxylic acids is 1. The minimum atomic E-state index is 0.0247. The fourth-order valence-corrected chi connectivity index (χ4v) is 3.99. The first-order valence-corrected chi connectivity index (χ1v) is 10.4. The number of likely N-dealkylation sites (tertiary alicyclic amines) is 1. The first-order valence-electron chi connectivity index (χ1n) is 10.0. The molecule has 5 nitrogen and oxygen atoms in total. The van der Waals surface area contributed by atoms with Gasteiger partial charge in [-0.25, -0.2) is 0 Å². The summed E-state index contributed by atoms with van der Waals surface area (Å²) >= 11 is 6.29. The zero-order valence-electron chi connectivity index (χ0n) is 17.1. The van der Waals surface area contributed by atoms with E-state index in [1.807, 2.05) is 36.4 Å². The van der Waals surface area contributed by atoms with Gasteiger partial charge in [0.1, 0.15) is 0 Å². The van der Waals surface area contributed by atoms with Crippen molar-refractivity contribution in [1.29, 1.82) is 0 Å². The van der Waals surface area contributed by atoms with E-state index in [9.17, 15) is 4.79 Å². The highest BCUT2D eigenvalue weighted by atomic mass is 35.5. The minimum absolute atomic E-state index is 0.0247. The molecule has 1 fully saturated rings. The molecule has 0 spiro atoms. The lowest BCUT2D eigenvalue weighted by Crippen LogP contribution is -2.43. The van der Waals surface area contributed by atoms with Crippen LogP contribution in [0, 0.1) is 5.92 Å². The van der Waals surface area contributed by atoms with Crippen LogP contribution < -0.4 is 14.8 Å². The molecule has 2 aromatic rings. The smallest absolute Gasteiger partial charge is 0.224 e. The van der Waals surface area contributed by atoms with Gasteiger partial charge < -0.3 is 14.8 Å². The third kappa shape index (κ3) is 5.87. The van der Waals surface area contributed by atoms with Gasteiger partial charge in [-0.15, -0.1) is 0 Å². The van der Waals surface area contributed by atoms with Crippen LogP contribution in [0.3, 0.4) is 0 Å². The van der Waals surface area contributed by atoms with Gasteiger partial charge in [-0.3, -0.25) is 9.69 Å². The Bertz CT molecular complexity index is 828. The van der Waals surface area contributed by atoms with E-state index in [0.29, 0.717) is 18.0 Å². The summed E-state index contributed by atoms with van der Waals surface area (Å²) in [6, 6.07) is 13.8. The SMILES string of the molecule is COc1ccc(CCNC(=O)C2CCCN(Cc3ccccc3Cl)C2)cc1OC. The molecule has 1 unspecified atom stereocenters. The van der Waals surface area contributed by atoms with E-state index >= 15 is 0 Å². The zero-order chi connectivity index (χ0) is 20.6. The Labute approximate surface area is 177 Å². The third-order valence-electron chi connectivity index (χ3n) is 5.39. The van der Waals surface area contributed by atoms with Crippen LogP contribution in [-0.2, 0) is 17.8 Å². The molecule has 0 saturated carbocycles. The molecule has 0 bridgehead atoms. The number of nitrogens with zero attached hydrogens (tertiary/aromatic N) is 1. The van der Waals surface area contributed by atoms with Crippen molar-refractivity contribution in [3.05, 3.63) is 58.6 Å². The number of nitrogens with one attached hydrogen (secondary N) is 1. The predicted molar refractivity (Wildman–Crippen MR) is 116 cm³/mol. The van der Waals surface area contributed by atoms with Gasteiger partial charge in [0, 0.05) is 24.7 Å². The number of hydrogen-bond acceptors (Lipinski definition) is 4. The molecule has 1 atom stereocenters. The summed E-state index contributed by atoms with van der Waals surface area (Å²) in [5, 5.41) is 3.89. The number of carbonyl (C=O) groups is 1. The number of halogens is 1. The number of hydrogen-bond donors (Lipinski definition) is 1. The van der Waals surface area contributed by atoms with Gasteiger partial charge in [-0.05, 0) is 55.1 Å². The molecule has 1 aliphatic rings. The van der Waals surface area contributed by atoms with Gasteiger partial charge in [-0.1, -0.05) is 35.9 Å². The van der Waals surface area contributed by atoms with Crippen molar-refractivity contribution < 1.29 is 14.3 Å². The van der Waals surface area contributed by atoms with Crippen LogP contribution in [0.2, 0.25) is 5.02 Å². The largest absolute Gasteiger partial charge is 0.493 e. The second-order valence-corrected chi connectivity index (χ2v) is 7.80. The third-order valence-corrected chi connectivity index (χ3v) is 5.76. The van der Waals surface area contributed by atoms with Crippen LogP contribution in [0.1, 0.15) is 24.0 Å². The van der Waals surface area contributed by atoms with E-state index in [2.05, 4.69) is 16.3 Å². The van der Waals surface area contributed by atoms with Crippen molar-refractivity contribution in [2.45, 2.75) is 25.8 Å². The fraction of sp³-hybridized carbons (Fsp3) is 0.435. The summed E-state index contributed by atoms with van der Waals surface area (Å²) in [5.74, 6) is 1.57. The molecular formula is C23H29ClN2O3. The van der Waals surface area contributed by atoms with Gasteiger partial charge in [-0.2, -0.15) is 0 Å². The molecule has 0 radical (unpaired) electrons. The van der Waals surface area contributed by atoms with E-state index < -0.39 is 0 Å². The number of benzene rings is 2. The lowest BCUT2D eigenvalue weighted by Gasteiger charge is -2.32. The van der Waals surface area contributed by atoms with Crippen LogP contribution >= 0.6 is 11.6 Å². The van der Waals surface area contributed by atoms with Gasteiger partial charge >= 0.3 is 0 Å². The Kier molecular flexibility index (Phi) is 7.78. The van der Waals surface area contributed by atoms with Crippen molar-refractivity contribution in [1.82, 2.24) is 10.2 Å². The van der Waals surface area contributed by atoms with E-state index in [4.69, 9.17) is 21.1 Å². The maximum absolute atomic E-state index is 12.7. The molecule has 2 aromatic carbocycles. The molecule has 0 aliphatic carbocycles. The summed E-state index contributed by atoms with van der Waals surface area (Å²) in [6.07, 6.45) is 2.71. The van der Waals surface area contributed by atoms with Crippen molar-refractivity contribution in [2.75, 3.05) is 33.9 Å². The van der Waals surface area contributed by atoms with Crippen molar-refractivity contribution in [3.63, 3.8) is 0 Å². The minimum Gasteiger partial charge on any atom is -0.493 e. The monoisotopic (exact) mass is 416 g/mol. The number of rotatable bonds is 8. The summed E-state index contributed by atoms with van der Waals surface area (Å²) in [4.78, 5) is 15.0. The Morgan fingerprint density at radius 3 is 2.72 bits per heavy atom. The van der Waals surface area contributed by atoms with E-state index in [1.54, 1.807) is 14.2 Å². The van der Waals surface area contributed by atoms with E-state index in [0.717, 1.165) is 55.0 Å². The second kappa shape index (κ2) is 10.5. The number of ether oxygens (including phenoxy) is 2. The standard InChI is InChI=1S/C23H29ClN2O3/c1-28-21-10-9-17(14-22(21)29-2)11-12-25-23(27)19-7-5-13-26(16-19)15-18-6-3-4-8-20(18)24/h3-4,6,8-10,14,19H,5,7,11-13,15-16H2,1-2H3,(H,25,27). The van der Waals surface area contributed by atoms with E-state index in [-0.39, 0.29) is 11.8 Å². The predicted octanol–water partition coefficient (Wildman–Crippen LogP) is 3.93. The van der Waals surface area contributed by atoms with Crippen LogP contribution in [-0.4, -0.2) is 44.7 Å². The van der Waals surface area contributed by atoms with Crippen LogP contribution in [0.25, 0.3) is 0 Å². The van der Waals surface area contributed by atoms with Crippen molar-refractivity contribution in [3.8, 4) is 11.5 Å². The summed E-state index contributed by atoms with van der Waals surface area (Å²) < 4.78 is 10.6. The molecule has 156 valence electrons. The maximum Gasteiger partial charge on any atom is 0.224 e. The van der Waals surface area contributed by atoms with Gasteiger partial charge in [0.05, 0.1) is 20.1 Å². The van der Waals surface area contributed by atoms with Crippen molar-refractivity contribution >= 4 is 17.5 Å². The van der Waals surface area contributed by atoms with Gasteiger partial charge in [0.25, 0.3) is 0 Å². The van der Waals surface area contributed by atoms with Gasteiger partial charge in [0.2, 0.25) is 5.91 Å². The zero-order valence-corrected chi connectivity index (χ0v) is 17.9. The van der Waals surface area contributed by atoms with Gasteiger partial charge in [0.15, 0.2) is 11.5 Å². The normalized spacial score (nSPS) is 17.0. The van der Waals surface area contributed by atoms with E-state index in [1.165, 1.54) is 0 Å². The highest BCUT2D eigenvalue weighted by molar-refractivity contribution is 6.31. The Balaban J connectivity index is 1.48. The molecular weight excluding hydrogens is 388 g/mol. The molecule has 3 rings (SSSR count). The second-order valence-electron chi connectivity index (χ2n) is 7.40. The average molecular weight is 417 g/mol. The number of piperidine rings is 1. The Morgan fingerprint density at radius 2 is 1.97 bits per heavy atom. The lowest BCUT2D eigenvalue weighted by molar-refractivity contribution is -0.126. The van der Waals surface area contributed by atoms with Crippen LogP contribution in [0.4, 0.5) is 0 Å². The Hall–Kier alpha value is -2.24. The lowest BCUT2D eigenvalue weighted by atomic mass is 9.96. The summed E-state index contributed by atoms with van der Waals surface area (Å²) in [5.41, 5.74) is 2.22. The molecule has 1 amide bonds.